The molecule has 8 nitrogen and oxygen atoms in total. The van der Waals surface area contributed by atoms with E-state index in [-0.39, 0.29) is 12.0 Å². The number of carbonyl (C=O) groups excluding carboxylic acids is 1. The van der Waals surface area contributed by atoms with Gasteiger partial charge in [0.1, 0.15) is 11.9 Å². The first kappa shape index (κ1) is 18.9. The Morgan fingerprint density at radius 3 is 2.64 bits per heavy atom. The average Bonchev–Trinajstić information content (AvgIpc) is 3.17. The molecule has 0 saturated carbocycles. The zero-order chi connectivity index (χ0) is 19.5. The average molecular weight is 385 g/mol. The van der Waals surface area contributed by atoms with Crippen LogP contribution in [-0.4, -0.2) is 70.5 Å². The van der Waals surface area contributed by atoms with Crippen molar-refractivity contribution in [2.45, 2.75) is 32.6 Å². The van der Waals surface area contributed by atoms with Crippen molar-refractivity contribution in [2.75, 3.05) is 39.8 Å². The van der Waals surface area contributed by atoms with Gasteiger partial charge in [-0.15, -0.1) is 5.10 Å². The highest BCUT2D eigenvalue weighted by Gasteiger charge is 2.31. The lowest BCUT2D eigenvalue weighted by atomic mass is 10.1. The van der Waals surface area contributed by atoms with E-state index in [2.05, 4.69) is 22.1 Å². The maximum absolute atomic E-state index is 12.9. The maximum Gasteiger partial charge on any atom is 0.276 e. The summed E-state index contributed by atoms with van der Waals surface area (Å²) in [5.74, 6) is 0.775. The van der Waals surface area contributed by atoms with E-state index < -0.39 is 0 Å². The number of benzene rings is 1. The van der Waals surface area contributed by atoms with Gasteiger partial charge in [-0.1, -0.05) is 24.3 Å². The van der Waals surface area contributed by atoms with Crippen LogP contribution >= 0.6 is 0 Å². The third-order valence-corrected chi connectivity index (χ3v) is 5.49. The lowest BCUT2D eigenvalue weighted by molar-refractivity contribution is -0.00206. The molecule has 0 aliphatic carbocycles. The second-order valence-electron chi connectivity index (χ2n) is 7.27. The number of hydrogen-bond donors (Lipinski definition) is 0. The van der Waals surface area contributed by atoms with Gasteiger partial charge in [0.25, 0.3) is 5.91 Å². The van der Waals surface area contributed by atoms with Crippen molar-refractivity contribution < 1.29 is 14.3 Å². The summed E-state index contributed by atoms with van der Waals surface area (Å²) in [4.78, 5) is 17.2. The minimum absolute atomic E-state index is 0.0381. The number of amides is 1. The Morgan fingerprint density at radius 1 is 1.21 bits per heavy atom. The topological polar surface area (TPSA) is 72.7 Å². The van der Waals surface area contributed by atoms with E-state index in [4.69, 9.17) is 9.47 Å². The van der Waals surface area contributed by atoms with E-state index in [0.717, 1.165) is 56.2 Å². The molecule has 3 heterocycles. The summed E-state index contributed by atoms with van der Waals surface area (Å²) in [5.41, 5.74) is 2.25. The first-order valence-electron chi connectivity index (χ1n) is 9.89. The number of nitrogens with zero attached hydrogens (tertiary/aromatic N) is 5. The van der Waals surface area contributed by atoms with Gasteiger partial charge in [0, 0.05) is 26.2 Å². The van der Waals surface area contributed by atoms with E-state index in [1.165, 1.54) is 0 Å². The van der Waals surface area contributed by atoms with Gasteiger partial charge < -0.3 is 14.4 Å². The number of rotatable bonds is 5. The summed E-state index contributed by atoms with van der Waals surface area (Å²) in [7, 11) is 1.65. The predicted molar refractivity (Wildman–Crippen MR) is 103 cm³/mol. The van der Waals surface area contributed by atoms with Crippen LogP contribution in [0.2, 0.25) is 0 Å². The molecular formula is C20H27N5O3. The normalized spacial score (nSPS) is 20.1. The van der Waals surface area contributed by atoms with Crippen LogP contribution in [0.25, 0.3) is 0 Å². The molecule has 1 aromatic carbocycles. The molecule has 1 amide bonds. The van der Waals surface area contributed by atoms with Crippen molar-refractivity contribution >= 4 is 5.91 Å². The van der Waals surface area contributed by atoms with Gasteiger partial charge in [-0.25, -0.2) is 4.68 Å². The molecule has 28 heavy (non-hydrogen) atoms. The molecule has 1 fully saturated rings. The van der Waals surface area contributed by atoms with Crippen molar-refractivity contribution in [3.63, 3.8) is 0 Å². The summed E-state index contributed by atoms with van der Waals surface area (Å²) in [6, 6.07) is 7.83. The summed E-state index contributed by atoms with van der Waals surface area (Å²) in [5, 5.41) is 8.42. The molecule has 0 unspecified atom stereocenters. The van der Waals surface area contributed by atoms with Gasteiger partial charge in [-0.05, 0) is 30.7 Å². The molecule has 0 N–H and O–H groups in total. The van der Waals surface area contributed by atoms with Crippen LogP contribution in [0.1, 0.15) is 41.2 Å². The molecule has 0 spiro atoms. The Morgan fingerprint density at radius 2 is 1.96 bits per heavy atom. The van der Waals surface area contributed by atoms with Crippen LogP contribution in [0.3, 0.4) is 0 Å². The molecule has 8 heteroatoms. The second-order valence-corrected chi connectivity index (χ2v) is 7.27. The number of fused-ring (bicyclic) bond motifs is 1. The van der Waals surface area contributed by atoms with E-state index in [1.54, 1.807) is 11.8 Å². The fourth-order valence-electron chi connectivity index (χ4n) is 3.84. The third kappa shape index (κ3) is 3.74. The van der Waals surface area contributed by atoms with E-state index in [0.29, 0.717) is 18.8 Å². The summed E-state index contributed by atoms with van der Waals surface area (Å²) in [6.07, 6.45) is 1.03. The fourth-order valence-corrected chi connectivity index (χ4v) is 3.84. The fraction of sp³-hybridized carbons (Fsp3) is 0.550. The van der Waals surface area contributed by atoms with Gasteiger partial charge in [-0.3, -0.25) is 9.69 Å². The quantitative estimate of drug-likeness (QED) is 0.781. The number of ether oxygens (including phenoxy) is 2. The lowest BCUT2D eigenvalue weighted by Crippen LogP contribution is -2.49. The molecule has 1 saturated heterocycles. The molecule has 4 rings (SSSR count). The molecular weight excluding hydrogens is 358 g/mol. The Kier molecular flexibility index (Phi) is 5.59. The molecule has 0 radical (unpaired) electrons. The number of hydrogen-bond acceptors (Lipinski definition) is 6. The zero-order valence-electron chi connectivity index (χ0n) is 16.5. The third-order valence-electron chi connectivity index (χ3n) is 5.49. The lowest BCUT2D eigenvalue weighted by Gasteiger charge is -2.34. The molecule has 0 bridgehead atoms. The monoisotopic (exact) mass is 385 g/mol. The van der Waals surface area contributed by atoms with E-state index in [1.807, 2.05) is 29.2 Å². The number of aromatic nitrogens is 3. The maximum atomic E-state index is 12.9. The van der Waals surface area contributed by atoms with E-state index in [9.17, 15) is 4.79 Å². The summed E-state index contributed by atoms with van der Waals surface area (Å²) in [6.45, 7) is 7.45. The minimum Gasteiger partial charge on any atom is -0.497 e. The smallest absolute Gasteiger partial charge is 0.276 e. The van der Waals surface area contributed by atoms with Crippen LogP contribution in [0.4, 0.5) is 0 Å². The highest BCUT2D eigenvalue weighted by Crippen LogP contribution is 2.28. The number of methoxy groups -OCH3 is 1. The summed E-state index contributed by atoms with van der Waals surface area (Å²) >= 11 is 0. The van der Waals surface area contributed by atoms with Gasteiger partial charge in [0.2, 0.25) is 0 Å². The van der Waals surface area contributed by atoms with Crippen molar-refractivity contribution in [2.24, 2.45) is 0 Å². The molecule has 2 aliphatic rings. The number of piperazine rings is 1. The SMILES string of the molecule is CCCN1CCN(C(=O)c2nnn3c2CO[C@@H](c2ccc(OC)cc2)C3)CC1. The summed E-state index contributed by atoms with van der Waals surface area (Å²) < 4.78 is 13.0. The molecule has 2 aliphatic heterocycles. The first-order valence-corrected chi connectivity index (χ1v) is 9.89. The van der Waals surface area contributed by atoms with Crippen LogP contribution < -0.4 is 4.74 Å². The Hall–Kier alpha value is -2.45. The standard InChI is InChI=1S/C20H27N5O3/c1-3-8-23-9-11-24(12-10-23)20(26)19-17-14-28-18(13-25(17)22-21-19)15-4-6-16(27-2)7-5-15/h4-7,18H,3,8-14H2,1-2H3/t18-/m1/s1. The van der Waals surface area contributed by atoms with Crippen molar-refractivity contribution in [1.29, 1.82) is 0 Å². The highest BCUT2D eigenvalue weighted by molar-refractivity contribution is 5.93. The number of carbonyl (C=O) groups is 1. The van der Waals surface area contributed by atoms with Crippen molar-refractivity contribution in [1.82, 2.24) is 24.8 Å². The highest BCUT2D eigenvalue weighted by atomic mass is 16.5. The Bertz CT molecular complexity index is 812. The van der Waals surface area contributed by atoms with Crippen LogP contribution in [0, 0.1) is 0 Å². The predicted octanol–water partition coefficient (Wildman–Crippen LogP) is 1.73. The molecule has 1 atom stereocenters. The minimum atomic E-state index is -0.111. The first-order chi connectivity index (χ1) is 13.7. The van der Waals surface area contributed by atoms with Gasteiger partial charge in [0.15, 0.2) is 5.69 Å². The Balaban J connectivity index is 1.43. The molecule has 2 aromatic rings. The van der Waals surface area contributed by atoms with Gasteiger partial charge in [0.05, 0.1) is 26.0 Å². The second kappa shape index (κ2) is 8.28. The van der Waals surface area contributed by atoms with Crippen LogP contribution in [0.5, 0.6) is 5.75 Å². The van der Waals surface area contributed by atoms with Crippen LogP contribution in [0.15, 0.2) is 24.3 Å². The van der Waals surface area contributed by atoms with E-state index >= 15 is 0 Å². The van der Waals surface area contributed by atoms with Crippen molar-refractivity contribution in [3.05, 3.63) is 41.2 Å². The van der Waals surface area contributed by atoms with Gasteiger partial charge in [-0.2, -0.15) is 0 Å². The Labute approximate surface area is 165 Å². The van der Waals surface area contributed by atoms with Gasteiger partial charge >= 0.3 is 0 Å². The van der Waals surface area contributed by atoms with Crippen LogP contribution in [-0.2, 0) is 17.9 Å². The largest absolute Gasteiger partial charge is 0.497 e. The molecule has 150 valence electrons. The molecule has 1 aromatic heterocycles. The zero-order valence-corrected chi connectivity index (χ0v) is 16.5. The van der Waals surface area contributed by atoms with Crippen molar-refractivity contribution in [3.8, 4) is 5.75 Å².